The molecule has 0 fully saturated rings. The number of imidazole rings is 1. The van der Waals surface area contributed by atoms with E-state index in [9.17, 15) is 9.59 Å². The van der Waals surface area contributed by atoms with Crippen molar-refractivity contribution in [1.29, 1.82) is 0 Å². The Kier molecular flexibility index (Phi) is 5.20. The SMILES string of the molecule is C=CCn1c(-c2cccc(Cl)c2)cn2cc(C(=O)NCCO)nc2c1=O. The zero-order chi connectivity index (χ0) is 18.7. The van der Waals surface area contributed by atoms with Crippen molar-refractivity contribution in [1.82, 2.24) is 19.3 Å². The lowest BCUT2D eigenvalue weighted by atomic mass is 10.1. The first-order valence-electron chi connectivity index (χ1n) is 7.93. The van der Waals surface area contributed by atoms with E-state index >= 15 is 0 Å². The van der Waals surface area contributed by atoms with Crippen LogP contribution in [-0.2, 0) is 6.54 Å². The first kappa shape index (κ1) is 17.9. The molecular formula is C18H17ClN4O3. The third-order valence-electron chi connectivity index (χ3n) is 3.78. The van der Waals surface area contributed by atoms with Crippen LogP contribution in [0.1, 0.15) is 10.5 Å². The monoisotopic (exact) mass is 372 g/mol. The van der Waals surface area contributed by atoms with Gasteiger partial charge in [0.1, 0.15) is 5.69 Å². The van der Waals surface area contributed by atoms with E-state index in [-0.39, 0.29) is 36.6 Å². The number of carbonyl (C=O) groups is 1. The molecule has 2 N–H and O–H groups in total. The second-order valence-electron chi connectivity index (χ2n) is 5.57. The molecule has 0 aliphatic heterocycles. The number of fused-ring (bicyclic) bond motifs is 1. The molecule has 0 aliphatic rings. The number of hydrogen-bond donors (Lipinski definition) is 2. The number of halogens is 1. The number of allylic oxidation sites excluding steroid dienone is 1. The molecule has 8 heteroatoms. The first-order valence-corrected chi connectivity index (χ1v) is 8.31. The molecule has 26 heavy (non-hydrogen) atoms. The van der Waals surface area contributed by atoms with E-state index in [1.807, 2.05) is 6.07 Å². The molecule has 0 bridgehead atoms. The largest absolute Gasteiger partial charge is 0.395 e. The molecule has 1 amide bonds. The predicted octanol–water partition coefficient (Wildman–Crippen LogP) is 1.72. The minimum Gasteiger partial charge on any atom is -0.395 e. The van der Waals surface area contributed by atoms with Crippen molar-refractivity contribution in [3.63, 3.8) is 0 Å². The van der Waals surface area contributed by atoms with Gasteiger partial charge in [-0.1, -0.05) is 29.8 Å². The number of aliphatic hydroxyl groups is 1. The highest BCUT2D eigenvalue weighted by Gasteiger charge is 2.16. The quantitative estimate of drug-likeness (QED) is 0.645. The molecule has 0 aliphatic carbocycles. The Bertz CT molecular complexity index is 1040. The molecule has 2 aromatic heterocycles. The lowest BCUT2D eigenvalue weighted by Crippen LogP contribution is -2.26. The average Bonchev–Trinajstić information content (AvgIpc) is 3.06. The lowest BCUT2D eigenvalue weighted by molar-refractivity contribution is 0.0940. The predicted molar refractivity (Wildman–Crippen MR) is 99.5 cm³/mol. The van der Waals surface area contributed by atoms with Crippen molar-refractivity contribution in [3.05, 3.63) is 70.4 Å². The average molecular weight is 373 g/mol. The van der Waals surface area contributed by atoms with Gasteiger partial charge < -0.3 is 10.4 Å². The number of rotatable bonds is 6. The van der Waals surface area contributed by atoms with Gasteiger partial charge in [0.15, 0.2) is 0 Å². The van der Waals surface area contributed by atoms with E-state index in [1.54, 1.807) is 30.5 Å². The van der Waals surface area contributed by atoms with E-state index in [2.05, 4.69) is 16.9 Å². The van der Waals surface area contributed by atoms with Crippen LogP contribution in [-0.4, -0.2) is 38.1 Å². The number of nitrogens with zero attached hydrogens (tertiary/aromatic N) is 3. The van der Waals surface area contributed by atoms with Crippen LogP contribution < -0.4 is 10.9 Å². The van der Waals surface area contributed by atoms with Gasteiger partial charge in [0.25, 0.3) is 11.5 Å². The highest BCUT2D eigenvalue weighted by molar-refractivity contribution is 6.30. The fourth-order valence-electron chi connectivity index (χ4n) is 2.64. The van der Waals surface area contributed by atoms with E-state index in [4.69, 9.17) is 16.7 Å². The van der Waals surface area contributed by atoms with Crippen molar-refractivity contribution < 1.29 is 9.90 Å². The topological polar surface area (TPSA) is 88.6 Å². The van der Waals surface area contributed by atoms with Gasteiger partial charge in [-0.25, -0.2) is 4.98 Å². The number of nitrogens with one attached hydrogen (secondary N) is 1. The van der Waals surface area contributed by atoms with Crippen LogP contribution in [0.4, 0.5) is 0 Å². The minimum absolute atomic E-state index is 0.101. The standard InChI is InChI=1S/C18H17ClN4O3/c1-2-7-23-15(12-4-3-5-13(19)9-12)11-22-10-14(17(25)20-6-8-24)21-16(22)18(23)26/h2-5,9-11,24H,1,6-8H2,(H,20,25). The van der Waals surface area contributed by atoms with E-state index in [0.717, 1.165) is 5.56 Å². The molecule has 0 atom stereocenters. The van der Waals surface area contributed by atoms with Crippen molar-refractivity contribution in [2.24, 2.45) is 0 Å². The van der Waals surface area contributed by atoms with Crippen LogP contribution in [0.25, 0.3) is 16.9 Å². The molecule has 134 valence electrons. The number of carbonyl (C=O) groups excluding carboxylic acids is 1. The van der Waals surface area contributed by atoms with Gasteiger partial charge in [-0.15, -0.1) is 6.58 Å². The number of benzene rings is 1. The second-order valence-corrected chi connectivity index (χ2v) is 6.00. The molecule has 0 saturated heterocycles. The molecule has 0 radical (unpaired) electrons. The Morgan fingerprint density at radius 3 is 2.88 bits per heavy atom. The van der Waals surface area contributed by atoms with Crippen LogP contribution in [0.3, 0.4) is 0 Å². The first-order chi connectivity index (χ1) is 12.5. The van der Waals surface area contributed by atoms with Crippen LogP contribution in [0.15, 0.2) is 54.1 Å². The highest BCUT2D eigenvalue weighted by atomic mass is 35.5. The number of hydrogen-bond acceptors (Lipinski definition) is 4. The summed E-state index contributed by atoms with van der Waals surface area (Å²) in [5.41, 5.74) is 1.28. The summed E-state index contributed by atoms with van der Waals surface area (Å²) < 4.78 is 3.04. The summed E-state index contributed by atoms with van der Waals surface area (Å²) in [6, 6.07) is 7.15. The molecule has 3 rings (SSSR count). The third-order valence-corrected chi connectivity index (χ3v) is 4.02. The van der Waals surface area contributed by atoms with Crippen LogP contribution in [0.5, 0.6) is 0 Å². The Hall–Kier alpha value is -2.90. The summed E-state index contributed by atoms with van der Waals surface area (Å²) in [5, 5.41) is 11.9. The molecule has 2 heterocycles. The Morgan fingerprint density at radius 2 is 2.19 bits per heavy atom. The van der Waals surface area contributed by atoms with Crippen molar-refractivity contribution >= 4 is 23.2 Å². The highest BCUT2D eigenvalue weighted by Crippen LogP contribution is 2.22. The van der Waals surface area contributed by atoms with Gasteiger partial charge in [0.2, 0.25) is 5.65 Å². The molecular weight excluding hydrogens is 356 g/mol. The number of aromatic nitrogens is 3. The number of amides is 1. The third kappa shape index (κ3) is 3.40. The fraction of sp³-hybridized carbons (Fsp3) is 0.167. The normalized spacial score (nSPS) is 10.8. The summed E-state index contributed by atoms with van der Waals surface area (Å²) in [5.74, 6) is -0.457. The van der Waals surface area contributed by atoms with E-state index in [0.29, 0.717) is 10.7 Å². The van der Waals surface area contributed by atoms with Gasteiger partial charge in [-0.3, -0.25) is 18.6 Å². The zero-order valence-electron chi connectivity index (χ0n) is 13.9. The van der Waals surface area contributed by atoms with Crippen LogP contribution in [0.2, 0.25) is 5.02 Å². The Morgan fingerprint density at radius 1 is 1.38 bits per heavy atom. The summed E-state index contributed by atoms with van der Waals surface area (Å²) in [7, 11) is 0. The maximum absolute atomic E-state index is 12.9. The maximum Gasteiger partial charge on any atom is 0.295 e. The molecule has 1 aromatic carbocycles. The van der Waals surface area contributed by atoms with Crippen molar-refractivity contribution in [3.8, 4) is 11.3 Å². The maximum atomic E-state index is 12.9. The van der Waals surface area contributed by atoms with Gasteiger partial charge in [0, 0.05) is 36.1 Å². The van der Waals surface area contributed by atoms with Gasteiger partial charge >= 0.3 is 0 Å². The molecule has 3 aromatic rings. The molecule has 0 spiro atoms. The van der Waals surface area contributed by atoms with Crippen LogP contribution in [0, 0.1) is 0 Å². The molecule has 0 saturated carbocycles. The minimum atomic E-state index is -0.457. The van der Waals surface area contributed by atoms with Gasteiger partial charge in [-0.2, -0.15) is 0 Å². The lowest BCUT2D eigenvalue weighted by Gasteiger charge is -2.12. The van der Waals surface area contributed by atoms with Crippen LogP contribution >= 0.6 is 11.6 Å². The van der Waals surface area contributed by atoms with Crippen molar-refractivity contribution in [2.75, 3.05) is 13.2 Å². The molecule has 7 nitrogen and oxygen atoms in total. The van der Waals surface area contributed by atoms with Crippen molar-refractivity contribution in [2.45, 2.75) is 6.54 Å². The Labute approximate surface area is 154 Å². The Balaban J connectivity index is 2.18. The smallest absolute Gasteiger partial charge is 0.295 e. The summed E-state index contributed by atoms with van der Waals surface area (Å²) in [6.07, 6.45) is 4.82. The number of aliphatic hydroxyl groups excluding tert-OH is 1. The van der Waals surface area contributed by atoms with E-state index < -0.39 is 5.91 Å². The second kappa shape index (κ2) is 7.55. The summed E-state index contributed by atoms with van der Waals surface area (Å²) in [4.78, 5) is 29.1. The summed E-state index contributed by atoms with van der Waals surface area (Å²) in [6.45, 7) is 3.92. The van der Waals surface area contributed by atoms with Gasteiger partial charge in [-0.05, 0) is 12.1 Å². The van der Waals surface area contributed by atoms with E-state index in [1.165, 1.54) is 15.2 Å². The fourth-order valence-corrected chi connectivity index (χ4v) is 2.83. The van der Waals surface area contributed by atoms with Gasteiger partial charge in [0.05, 0.1) is 12.3 Å². The molecule has 0 unspecified atom stereocenters. The summed E-state index contributed by atoms with van der Waals surface area (Å²) >= 11 is 6.08. The zero-order valence-corrected chi connectivity index (χ0v) is 14.6.